The first-order valence-corrected chi connectivity index (χ1v) is 7.33. The summed E-state index contributed by atoms with van der Waals surface area (Å²) in [6.07, 6.45) is 2.03. The van der Waals surface area contributed by atoms with Crippen LogP contribution in [0.1, 0.15) is 11.6 Å². The lowest BCUT2D eigenvalue weighted by Crippen LogP contribution is -2.44. The molecule has 0 bridgehead atoms. The van der Waals surface area contributed by atoms with Gasteiger partial charge >= 0.3 is 0 Å². The predicted octanol–water partition coefficient (Wildman–Crippen LogP) is 4.19. The molecule has 1 atom stereocenters. The zero-order valence-electron chi connectivity index (χ0n) is 10.4. The van der Waals surface area contributed by atoms with Gasteiger partial charge in [-0.2, -0.15) is 0 Å². The second-order valence-corrected chi connectivity index (χ2v) is 5.85. The Kier molecular flexibility index (Phi) is 9.58. The Bertz CT molecular complexity index is 410. The van der Waals surface area contributed by atoms with Gasteiger partial charge in [0.25, 0.3) is 0 Å². The fraction of sp³-hybridized carbons (Fsp3) is 0.385. The highest BCUT2D eigenvalue weighted by molar-refractivity contribution is 9.13. The zero-order valence-corrected chi connectivity index (χ0v) is 15.2. The molecule has 0 aliphatic carbocycles. The summed E-state index contributed by atoms with van der Waals surface area (Å²) in [6, 6.07) is 6.71. The van der Waals surface area contributed by atoms with Crippen molar-refractivity contribution in [3.05, 3.63) is 45.4 Å². The first kappa shape index (κ1) is 19.4. The normalized spacial score (nSPS) is 16.9. The van der Waals surface area contributed by atoms with Gasteiger partial charge in [-0.15, -0.1) is 31.4 Å². The van der Waals surface area contributed by atoms with Gasteiger partial charge in [-0.3, -0.25) is 4.90 Å². The molecule has 2 nitrogen and oxygen atoms in total. The van der Waals surface area contributed by atoms with Gasteiger partial charge in [0.05, 0.1) is 6.04 Å². The molecule has 108 valence electrons. The van der Waals surface area contributed by atoms with Gasteiger partial charge in [-0.05, 0) is 49.6 Å². The van der Waals surface area contributed by atoms with Crippen LogP contribution in [0.15, 0.2) is 39.8 Å². The summed E-state index contributed by atoms with van der Waals surface area (Å²) in [7, 11) is 0. The monoisotopic (exact) mass is 430 g/mol. The molecular weight excluding hydrogens is 415 g/mol. The maximum absolute atomic E-state index is 3.98. The summed E-state index contributed by atoms with van der Waals surface area (Å²) in [5, 5.41) is 3.37. The standard InChI is InChI=1S/C13H16Br2N2.2ClH/c1-2-13(17-7-5-16-6-8-17)10-3-4-11(14)12(15)9-10;;/h2-4,9,13,16H,1,5-8H2;2*1H/t13-;;/m1../s1. The molecule has 2 rings (SSSR count). The summed E-state index contributed by atoms with van der Waals surface area (Å²) in [5.41, 5.74) is 1.29. The van der Waals surface area contributed by atoms with Crippen molar-refractivity contribution < 1.29 is 0 Å². The Morgan fingerprint density at radius 1 is 1.16 bits per heavy atom. The molecule has 0 aromatic heterocycles. The highest BCUT2D eigenvalue weighted by Crippen LogP contribution is 2.29. The van der Waals surface area contributed by atoms with E-state index in [0.717, 1.165) is 35.1 Å². The molecular formula is C13H18Br2Cl2N2. The maximum atomic E-state index is 3.98. The zero-order chi connectivity index (χ0) is 12.3. The molecule has 19 heavy (non-hydrogen) atoms. The number of hydrogen-bond donors (Lipinski definition) is 1. The van der Waals surface area contributed by atoms with Gasteiger partial charge < -0.3 is 5.32 Å². The van der Waals surface area contributed by atoms with Crippen LogP contribution in [0.5, 0.6) is 0 Å². The molecule has 1 N–H and O–H groups in total. The lowest BCUT2D eigenvalue weighted by atomic mass is 10.0. The molecule has 0 radical (unpaired) electrons. The minimum absolute atomic E-state index is 0. The van der Waals surface area contributed by atoms with Crippen LogP contribution in [-0.4, -0.2) is 31.1 Å². The van der Waals surface area contributed by atoms with E-state index in [1.54, 1.807) is 0 Å². The Balaban J connectivity index is 0.00000162. The van der Waals surface area contributed by atoms with Crippen LogP contribution in [0.3, 0.4) is 0 Å². The fourth-order valence-electron chi connectivity index (χ4n) is 2.15. The number of piperazine rings is 1. The van der Waals surface area contributed by atoms with E-state index >= 15 is 0 Å². The lowest BCUT2D eigenvalue weighted by molar-refractivity contribution is 0.203. The van der Waals surface area contributed by atoms with Crippen molar-refractivity contribution in [1.29, 1.82) is 0 Å². The summed E-state index contributed by atoms with van der Waals surface area (Å²) >= 11 is 7.06. The smallest absolute Gasteiger partial charge is 0.0530 e. The molecule has 0 saturated carbocycles. The lowest BCUT2D eigenvalue weighted by Gasteiger charge is -2.33. The van der Waals surface area contributed by atoms with Crippen LogP contribution < -0.4 is 5.32 Å². The van der Waals surface area contributed by atoms with Gasteiger partial charge in [0.1, 0.15) is 0 Å². The van der Waals surface area contributed by atoms with Crippen molar-refractivity contribution >= 4 is 56.7 Å². The van der Waals surface area contributed by atoms with Crippen molar-refractivity contribution in [2.45, 2.75) is 6.04 Å². The van der Waals surface area contributed by atoms with E-state index in [-0.39, 0.29) is 24.8 Å². The highest BCUT2D eigenvalue weighted by Gasteiger charge is 2.19. The van der Waals surface area contributed by atoms with Crippen LogP contribution in [0, 0.1) is 0 Å². The van der Waals surface area contributed by atoms with E-state index in [1.165, 1.54) is 5.56 Å². The molecule has 1 aliphatic heterocycles. The van der Waals surface area contributed by atoms with E-state index in [2.05, 4.69) is 66.9 Å². The van der Waals surface area contributed by atoms with Crippen LogP contribution in [-0.2, 0) is 0 Å². The van der Waals surface area contributed by atoms with Crippen LogP contribution in [0.2, 0.25) is 0 Å². The maximum Gasteiger partial charge on any atom is 0.0530 e. The Morgan fingerprint density at radius 2 is 1.79 bits per heavy atom. The van der Waals surface area contributed by atoms with E-state index in [1.807, 2.05) is 6.08 Å². The largest absolute Gasteiger partial charge is 0.314 e. The third-order valence-corrected chi connectivity index (χ3v) is 4.93. The first-order valence-electron chi connectivity index (χ1n) is 5.74. The SMILES string of the molecule is C=C[C@H](c1ccc(Br)c(Br)c1)N1CCNCC1.Cl.Cl. The van der Waals surface area contributed by atoms with Crippen molar-refractivity contribution in [3.63, 3.8) is 0 Å². The number of nitrogens with one attached hydrogen (secondary N) is 1. The second kappa shape index (κ2) is 9.37. The van der Waals surface area contributed by atoms with Crippen LogP contribution >= 0.6 is 56.7 Å². The molecule has 1 aromatic carbocycles. The number of hydrogen-bond acceptors (Lipinski definition) is 2. The summed E-state index contributed by atoms with van der Waals surface area (Å²) in [5.74, 6) is 0. The number of halogens is 4. The van der Waals surface area contributed by atoms with Crippen molar-refractivity contribution in [1.82, 2.24) is 10.2 Å². The van der Waals surface area contributed by atoms with Crippen molar-refractivity contribution in [3.8, 4) is 0 Å². The second-order valence-electron chi connectivity index (χ2n) is 4.14. The summed E-state index contributed by atoms with van der Waals surface area (Å²) in [6.45, 7) is 8.24. The minimum atomic E-state index is 0. The minimum Gasteiger partial charge on any atom is -0.314 e. The molecule has 1 aromatic rings. The number of nitrogens with zero attached hydrogens (tertiary/aromatic N) is 1. The molecule has 1 heterocycles. The molecule has 1 aliphatic rings. The van der Waals surface area contributed by atoms with E-state index < -0.39 is 0 Å². The van der Waals surface area contributed by atoms with E-state index in [9.17, 15) is 0 Å². The van der Waals surface area contributed by atoms with Crippen LogP contribution in [0.4, 0.5) is 0 Å². The van der Waals surface area contributed by atoms with Gasteiger partial charge in [-0.25, -0.2) is 0 Å². The van der Waals surface area contributed by atoms with Gasteiger partial charge in [0, 0.05) is 35.1 Å². The highest BCUT2D eigenvalue weighted by atomic mass is 79.9. The van der Waals surface area contributed by atoms with Crippen molar-refractivity contribution in [2.75, 3.05) is 26.2 Å². The molecule has 1 saturated heterocycles. The van der Waals surface area contributed by atoms with E-state index in [0.29, 0.717) is 6.04 Å². The molecule has 6 heteroatoms. The Labute approximate surface area is 144 Å². The molecule has 0 amide bonds. The van der Waals surface area contributed by atoms with Gasteiger partial charge in [0.2, 0.25) is 0 Å². The van der Waals surface area contributed by atoms with Crippen LogP contribution in [0.25, 0.3) is 0 Å². The van der Waals surface area contributed by atoms with Gasteiger partial charge in [0.15, 0.2) is 0 Å². The molecule has 1 fully saturated rings. The van der Waals surface area contributed by atoms with Crippen molar-refractivity contribution in [2.24, 2.45) is 0 Å². The number of rotatable bonds is 3. The third-order valence-electron chi connectivity index (χ3n) is 3.05. The molecule has 0 spiro atoms. The van der Waals surface area contributed by atoms with E-state index in [4.69, 9.17) is 0 Å². The number of benzene rings is 1. The Morgan fingerprint density at radius 3 is 2.32 bits per heavy atom. The molecule has 0 unspecified atom stereocenters. The third kappa shape index (κ3) is 5.03. The summed E-state index contributed by atoms with van der Waals surface area (Å²) in [4.78, 5) is 2.46. The topological polar surface area (TPSA) is 15.3 Å². The quantitative estimate of drug-likeness (QED) is 0.720. The van der Waals surface area contributed by atoms with Gasteiger partial charge in [-0.1, -0.05) is 12.1 Å². The average Bonchev–Trinajstić information content (AvgIpc) is 2.36. The summed E-state index contributed by atoms with van der Waals surface area (Å²) < 4.78 is 2.18. The first-order chi connectivity index (χ1) is 8.22. The fourth-order valence-corrected chi connectivity index (χ4v) is 2.80. The average molecular weight is 433 g/mol. The Hall–Kier alpha value is 0.420. The predicted molar refractivity (Wildman–Crippen MR) is 93.7 cm³/mol.